The normalized spacial score (nSPS) is 22.9. The lowest BCUT2D eigenvalue weighted by Gasteiger charge is -2.30. The third kappa shape index (κ3) is 2.81. The largest absolute Gasteiger partial charge is 0.463 e. The van der Waals surface area contributed by atoms with E-state index in [0.717, 1.165) is 51.4 Å². The Bertz CT molecular complexity index is 631. The van der Waals surface area contributed by atoms with Crippen molar-refractivity contribution in [2.45, 2.75) is 25.6 Å². The third-order valence-corrected chi connectivity index (χ3v) is 5.34. The van der Waals surface area contributed by atoms with Crippen molar-refractivity contribution in [1.82, 2.24) is 5.32 Å². The van der Waals surface area contributed by atoms with Crippen molar-refractivity contribution in [3.8, 4) is 5.75 Å². The molecule has 0 bridgehead atoms. The van der Waals surface area contributed by atoms with E-state index in [1.54, 1.807) is 11.3 Å². The Morgan fingerprint density at radius 3 is 2.91 bits per heavy atom. The first-order valence-electron chi connectivity index (χ1n) is 8.16. The Hall–Kier alpha value is -1.30. The Kier molecular flexibility index (Phi) is 4.19. The molecule has 0 saturated carbocycles. The molecule has 1 aromatic heterocycles. The number of hydrogen-bond donors (Lipinski definition) is 1. The molecule has 0 spiro atoms. The first kappa shape index (κ1) is 14.3. The minimum Gasteiger partial charge on any atom is -0.463 e. The summed E-state index contributed by atoms with van der Waals surface area (Å²) in [5.74, 6) is 0.968. The van der Waals surface area contributed by atoms with Crippen LogP contribution in [0.25, 0.3) is 10.1 Å². The van der Waals surface area contributed by atoms with E-state index < -0.39 is 0 Å². The van der Waals surface area contributed by atoms with E-state index >= 15 is 0 Å². The molecule has 0 radical (unpaired) electrons. The van der Waals surface area contributed by atoms with Gasteiger partial charge in [-0.2, -0.15) is 0 Å². The van der Waals surface area contributed by atoms with Gasteiger partial charge in [0.15, 0.2) is 6.29 Å². The van der Waals surface area contributed by atoms with Crippen molar-refractivity contribution in [1.29, 1.82) is 0 Å². The van der Waals surface area contributed by atoms with Crippen LogP contribution in [-0.4, -0.2) is 39.1 Å². The Balaban J connectivity index is 1.62. The van der Waals surface area contributed by atoms with Gasteiger partial charge in [-0.05, 0) is 36.4 Å². The monoisotopic (exact) mass is 318 g/mol. The zero-order valence-corrected chi connectivity index (χ0v) is 13.5. The predicted octanol–water partition coefficient (Wildman–Crippen LogP) is 3.22. The molecule has 2 saturated heterocycles. The molecule has 22 heavy (non-hydrogen) atoms. The summed E-state index contributed by atoms with van der Waals surface area (Å²) in [5.41, 5.74) is 1.33. The third-order valence-electron chi connectivity index (χ3n) is 4.41. The van der Waals surface area contributed by atoms with Gasteiger partial charge < -0.3 is 19.7 Å². The number of hydrogen-bond acceptors (Lipinski definition) is 5. The highest BCUT2D eigenvalue weighted by Crippen LogP contribution is 2.38. The predicted molar refractivity (Wildman–Crippen MR) is 91.1 cm³/mol. The van der Waals surface area contributed by atoms with Crippen LogP contribution in [-0.2, 0) is 4.74 Å². The van der Waals surface area contributed by atoms with Gasteiger partial charge >= 0.3 is 0 Å². The van der Waals surface area contributed by atoms with Crippen molar-refractivity contribution in [3.63, 3.8) is 0 Å². The van der Waals surface area contributed by atoms with Crippen LogP contribution in [0.15, 0.2) is 23.6 Å². The highest BCUT2D eigenvalue weighted by atomic mass is 32.1. The summed E-state index contributed by atoms with van der Waals surface area (Å²) in [6, 6.07) is 6.54. The Morgan fingerprint density at radius 1 is 1.18 bits per heavy atom. The second-order valence-corrected chi connectivity index (χ2v) is 6.81. The molecular formula is C17H22N2O2S. The first-order chi connectivity index (χ1) is 10.9. The maximum atomic E-state index is 6.13. The van der Waals surface area contributed by atoms with Crippen LogP contribution in [0.5, 0.6) is 5.75 Å². The van der Waals surface area contributed by atoms with Crippen LogP contribution in [0.2, 0.25) is 0 Å². The Morgan fingerprint density at radius 2 is 2.09 bits per heavy atom. The van der Waals surface area contributed by atoms with Crippen molar-refractivity contribution in [3.05, 3.63) is 23.6 Å². The van der Waals surface area contributed by atoms with Crippen LogP contribution in [0, 0.1) is 0 Å². The first-order valence-corrected chi connectivity index (χ1v) is 9.04. The molecule has 5 heteroatoms. The lowest BCUT2D eigenvalue weighted by Crippen LogP contribution is -2.43. The van der Waals surface area contributed by atoms with Crippen molar-refractivity contribution < 1.29 is 9.47 Å². The van der Waals surface area contributed by atoms with Gasteiger partial charge in [0.2, 0.25) is 0 Å². The second-order valence-electron chi connectivity index (χ2n) is 5.90. The quantitative estimate of drug-likeness (QED) is 0.942. The highest BCUT2D eigenvalue weighted by molar-refractivity contribution is 7.17. The molecule has 4 rings (SSSR count). The molecule has 1 aromatic carbocycles. The minimum atomic E-state index is -0.0795. The molecule has 3 heterocycles. The van der Waals surface area contributed by atoms with E-state index in [1.165, 1.54) is 22.2 Å². The molecule has 2 aromatic rings. The molecule has 4 nitrogen and oxygen atoms in total. The number of anilines is 1. The number of piperazine rings is 1. The number of nitrogens with one attached hydrogen (secondary N) is 1. The maximum Gasteiger partial charge on any atom is 0.199 e. The maximum absolute atomic E-state index is 6.13. The number of thiophene rings is 1. The van der Waals surface area contributed by atoms with Gasteiger partial charge in [-0.15, -0.1) is 11.3 Å². The average molecular weight is 318 g/mol. The minimum absolute atomic E-state index is 0.0795. The van der Waals surface area contributed by atoms with Crippen LogP contribution >= 0.6 is 11.3 Å². The fraction of sp³-hybridized carbons (Fsp3) is 0.529. The second kappa shape index (κ2) is 6.44. The van der Waals surface area contributed by atoms with Crippen LogP contribution in [0.4, 0.5) is 5.69 Å². The summed E-state index contributed by atoms with van der Waals surface area (Å²) in [6.07, 6.45) is 3.25. The molecule has 1 unspecified atom stereocenters. The molecule has 0 amide bonds. The van der Waals surface area contributed by atoms with Gasteiger partial charge in [-0.1, -0.05) is 0 Å². The van der Waals surface area contributed by atoms with Gasteiger partial charge in [0.25, 0.3) is 0 Å². The summed E-state index contributed by atoms with van der Waals surface area (Å²) in [5, 5.41) is 6.88. The van der Waals surface area contributed by atoms with Crippen LogP contribution in [0.3, 0.4) is 0 Å². The highest BCUT2D eigenvalue weighted by Gasteiger charge is 2.19. The van der Waals surface area contributed by atoms with Crippen LogP contribution in [0.1, 0.15) is 19.3 Å². The fourth-order valence-electron chi connectivity index (χ4n) is 3.24. The SMILES string of the molecule is c1cc2c(N3CCNCC3)ccc(OC3CCCCO3)c2s1. The van der Waals surface area contributed by atoms with Crippen molar-refractivity contribution in [2.24, 2.45) is 0 Å². The van der Waals surface area contributed by atoms with Crippen LogP contribution < -0.4 is 15.0 Å². The molecule has 2 fully saturated rings. The zero-order valence-electron chi connectivity index (χ0n) is 12.7. The summed E-state index contributed by atoms with van der Waals surface area (Å²) in [4.78, 5) is 2.46. The van der Waals surface area contributed by atoms with Gasteiger partial charge in [0.1, 0.15) is 5.75 Å². The zero-order chi connectivity index (χ0) is 14.8. The average Bonchev–Trinajstić information content (AvgIpc) is 3.07. The number of fused-ring (bicyclic) bond motifs is 1. The summed E-state index contributed by atoms with van der Waals surface area (Å²) >= 11 is 1.76. The molecule has 118 valence electrons. The van der Waals surface area contributed by atoms with Gasteiger partial charge in [0.05, 0.1) is 11.3 Å². The summed E-state index contributed by atoms with van der Waals surface area (Å²) in [7, 11) is 0. The lowest BCUT2D eigenvalue weighted by molar-refractivity contribution is -0.105. The van der Waals surface area contributed by atoms with Gasteiger partial charge in [-0.25, -0.2) is 0 Å². The van der Waals surface area contributed by atoms with Crippen molar-refractivity contribution in [2.75, 3.05) is 37.7 Å². The van der Waals surface area contributed by atoms with E-state index in [2.05, 4.69) is 33.8 Å². The van der Waals surface area contributed by atoms with E-state index in [9.17, 15) is 0 Å². The summed E-state index contributed by atoms with van der Waals surface area (Å²) in [6.45, 7) is 5.06. The van der Waals surface area contributed by atoms with E-state index in [-0.39, 0.29) is 6.29 Å². The lowest BCUT2D eigenvalue weighted by atomic mass is 10.1. The van der Waals surface area contributed by atoms with Gasteiger partial charge in [0, 0.05) is 43.7 Å². The number of nitrogens with zero attached hydrogens (tertiary/aromatic N) is 1. The fourth-order valence-corrected chi connectivity index (χ4v) is 4.11. The van der Waals surface area contributed by atoms with Crippen molar-refractivity contribution >= 4 is 27.1 Å². The number of ether oxygens (including phenoxy) is 2. The standard InChI is InChI=1S/C17H22N2O2S/c1-2-11-20-16(3-1)21-15-5-4-14(13-6-12-22-17(13)15)19-9-7-18-8-10-19/h4-6,12,16,18H,1-3,7-11H2. The number of rotatable bonds is 3. The molecule has 2 aliphatic rings. The molecule has 2 aliphatic heterocycles. The molecular weight excluding hydrogens is 296 g/mol. The number of benzene rings is 1. The molecule has 1 atom stereocenters. The molecule has 1 N–H and O–H groups in total. The summed E-state index contributed by atoms with van der Waals surface area (Å²) < 4.78 is 13.1. The molecule has 0 aliphatic carbocycles. The van der Waals surface area contributed by atoms with E-state index in [4.69, 9.17) is 9.47 Å². The van der Waals surface area contributed by atoms with Gasteiger partial charge in [-0.3, -0.25) is 0 Å². The Labute approximate surface area is 135 Å². The topological polar surface area (TPSA) is 33.7 Å². The smallest absolute Gasteiger partial charge is 0.199 e. The van der Waals surface area contributed by atoms with E-state index in [0.29, 0.717) is 0 Å². The van der Waals surface area contributed by atoms with E-state index in [1.807, 2.05) is 0 Å².